The molecule has 0 saturated carbocycles. The summed E-state index contributed by atoms with van der Waals surface area (Å²) in [6, 6.07) is 0. The lowest BCUT2D eigenvalue weighted by Gasteiger charge is -2.00. The third-order valence-electron chi connectivity index (χ3n) is 1.53. The molecule has 8 heavy (non-hydrogen) atoms. The van der Waals surface area contributed by atoms with Crippen LogP contribution in [0.2, 0.25) is 0 Å². The largest absolute Gasteiger partial charge is 0.389 e. The number of rotatable bonds is 0. The molecule has 1 heterocycles. The van der Waals surface area contributed by atoms with Crippen molar-refractivity contribution in [2.75, 3.05) is 6.54 Å². The third-order valence-corrected chi connectivity index (χ3v) is 1.53. The summed E-state index contributed by atoms with van der Waals surface area (Å²) in [4.78, 5) is 0. The maximum Gasteiger partial charge on any atom is 0.0143 e. The molecular weight excluding hydrogens is 98.1 g/mol. The van der Waals surface area contributed by atoms with Crippen molar-refractivity contribution in [3.05, 3.63) is 12.3 Å². The normalized spacial score (nSPS) is 21.8. The minimum atomic E-state index is 1.14. The second-order valence-electron chi connectivity index (χ2n) is 2.34. The van der Waals surface area contributed by atoms with Crippen LogP contribution in [0.5, 0.6) is 0 Å². The van der Waals surface area contributed by atoms with Crippen LogP contribution in [0.25, 0.3) is 0 Å². The minimum absolute atomic E-state index is 1.14. The van der Waals surface area contributed by atoms with E-state index in [0.717, 1.165) is 6.54 Å². The maximum atomic E-state index is 3.86. The zero-order valence-electron chi connectivity index (χ0n) is 5.24. The Kier molecular flexibility index (Phi) is 1.95. The van der Waals surface area contributed by atoms with Gasteiger partial charge in [0.05, 0.1) is 0 Å². The van der Waals surface area contributed by atoms with Crippen molar-refractivity contribution >= 4 is 0 Å². The molecule has 0 unspecified atom stereocenters. The molecule has 1 aliphatic heterocycles. The van der Waals surface area contributed by atoms with E-state index in [-0.39, 0.29) is 0 Å². The Hall–Kier alpha value is -0.460. The smallest absolute Gasteiger partial charge is 0.0143 e. The van der Waals surface area contributed by atoms with E-state index in [4.69, 9.17) is 0 Å². The van der Waals surface area contributed by atoms with Gasteiger partial charge in [0.2, 0.25) is 0 Å². The van der Waals surface area contributed by atoms with Crippen LogP contribution in [0, 0.1) is 0 Å². The highest BCUT2D eigenvalue weighted by atomic mass is 14.9. The van der Waals surface area contributed by atoms with E-state index in [1.165, 1.54) is 31.4 Å². The first-order valence-corrected chi connectivity index (χ1v) is 3.31. The Balaban J connectivity index is 2.27. The average Bonchev–Trinajstić information content (AvgIpc) is 1.94. The molecule has 0 aliphatic carbocycles. The lowest BCUT2D eigenvalue weighted by atomic mass is 10.2. The molecule has 1 fully saturated rings. The van der Waals surface area contributed by atoms with Gasteiger partial charge in [0, 0.05) is 12.2 Å². The molecule has 0 aromatic rings. The zero-order chi connectivity index (χ0) is 5.82. The van der Waals surface area contributed by atoms with Crippen molar-refractivity contribution in [1.29, 1.82) is 0 Å². The van der Waals surface area contributed by atoms with Gasteiger partial charge in [0.25, 0.3) is 0 Å². The molecule has 0 aromatic heterocycles. The summed E-state index contributed by atoms with van der Waals surface area (Å²) >= 11 is 0. The zero-order valence-corrected chi connectivity index (χ0v) is 5.24. The summed E-state index contributed by atoms with van der Waals surface area (Å²) in [5, 5.41) is 3.25. The number of hydrogen-bond donors (Lipinski definition) is 1. The molecule has 1 N–H and O–H groups in total. The first-order chi connectivity index (χ1) is 3.89. The van der Waals surface area contributed by atoms with Crippen molar-refractivity contribution in [1.82, 2.24) is 5.32 Å². The molecule has 1 saturated heterocycles. The Bertz CT molecular complexity index is 76.4. The summed E-state index contributed by atoms with van der Waals surface area (Å²) in [7, 11) is 0. The first-order valence-electron chi connectivity index (χ1n) is 3.31. The summed E-state index contributed by atoms with van der Waals surface area (Å²) < 4.78 is 0. The molecule has 0 aromatic carbocycles. The average molecular weight is 111 g/mol. The van der Waals surface area contributed by atoms with E-state index >= 15 is 0 Å². The molecule has 0 atom stereocenters. The number of nitrogens with one attached hydrogen (secondary N) is 1. The fourth-order valence-corrected chi connectivity index (χ4v) is 0.994. The molecule has 0 bridgehead atoms. The minimum Gasteiger partial charge on any atom is -0.389 e. The SMILES string of the molecule is C=C1CCCCCN1. The Labute approximate surface area is 50.8 Å². The summed E-state index contributed by atoms with van der Waals surface area (Å²) in [6.07, 6.45) is 5.19. The fraction of sp³-hybridized carbons (Fsp3) is 0.714. The van der Waals surface area contributed by atoms with Crippen LogP contribution in [-0.2, 0) is 0 Å². The van der Waals surface area contributed by atoms with Gasteiger partial charge in [0.15, 0.2) is 0 Å². The van der Waals surface area contributed by atoms with Gasteiger partial charge in [-0.1, -0.05) is 13.0 Å². The highest BCUT2D eigenvalue weighted by Gasteiger charge is 1.98. The molecule has 1 heteroatoms. The van der Waals surface area contributed by atoms with E-state index in [0.29, 0.717) is 0 Å². The summed E-state index contributed by atoms with van der Waals surface area (Å²) in [5.41, 5.74) is 1.22. The van der Waals surface area contributed by atoms with E-state index in [2.05, 4.69) is 11.9 Å². The first kappa shape index (κ1) is 5.67. The van der Waals surface area contributed by atoms with Crippen LogP contribution in [0.15, 0.2) is 12.3 Å². The maximum absolute atomic E-state index is 3.86. The molecule has 0 amide bonds. The van der Waals surface area contributed by atoms with Crippen molar-refractivity contribution in [2.24, 2.45) is 0 Å². The van der Waals surface area contributed by atoms with Gasteiger partial charge in [-0.2, -0.15) is 0 Å². The van der Waals surface area contributed by atoms with Crippen LogP contribution in [0.1, 0.15) is 25.7 Å². The predicted octanol–water partition coefficient (Wildman–Crippen LogP) is 1.66. The fourth-order valence-electron chi connectivity index (χ4n) is 0.994. The number of allylic oxidation sites excluding steroid dienone is 1. The van der Waals surface area contributed by atoms with Crippen LogP contribution in [0.3, 0.4) is 0 Å². The lowest BCUT2D eigenvalue weighted by Crippen LogP contribution is -2.10. The van der Waals surface area contributed by atoms with E-state index in [1.54, 1.807) is 0 Å². The number of hydrogen-bond acceptors (Lipinski definition) is 1. The Morgan fingerprint density at radius 3 is 3.00 bits per heavy atom. The lowest BCUT2D eigenvalue weighted by molar-refractivity contribution is 0.721. The van der Waals surface area contributed by atoms with Crippen LogP contribution < -0.4 is 5.32 Å². The summed E-state index contributed by atoms with van der Waals surface area (Å²) in [6.45, 7) is 5.00. The van der Waals surface area contributed by atoms with Crippen molar-refractivity contribution in [2.45, 2.75) is 25.7 Å². The second-order valence-corrected chi connectivity index (χ2v) is 2.34. The molecule has 1 rings (SSSR count). The predicted molar refractivity (Wildman–Crippen MR) is 35.6 cm³/mol. The highest BCUT2D eigenvalue weighted by Crippen LogP contribution is 2.08. The third kappa shape index (κ3) is 1.57. The van der Waals surface area contributed by atoms with Crippen molar-refractivity contribution in [3.63, 3.8) is 0 Å². The Morgan fingerprint density at radius 1 is 1.25 bits per heavy atom. The van der Waals surface area contributed by atoms with Crippen LogP contribution in [-0.4, -0.2) is 6.54 Å². The standard InChI is InChI=1S/C7H13N/c1-7-5-3-2-4-6-8-7/h8H,1-6H2. The molecule has 0 radical (unpaired) electrons. The van der Waals surface area contributed by atoms with Gasteiger partial charge in [-0.3, -0.25) is 0 Å². The van der Waals surface area contributed by atoms with Gasteiger partial charge >= 0.3 is 0 Å². The second kappa shape index (κ2) is 2.75. The molecule has 46 valence electrons. The van der Waals surface area contributed by atoms with Gasteiger partial charge in [-0.15, -0.1) is 0 Å². The Morgan fingerprint density at radius 2 is 2.12 bits per heavy atom. The molecular formula is C7H13N. The van der Waals surface area contributed by atoms with E-state index in [1.807, 2.05) is 0 Å². The van der Waals surface area contributed by atoms with Gasteiger partial charge in [0.1, 0.15) is 0 Å². The van der Waals surface area contributed by atoms with Gasteiger partial charge in [-0.05, 0) is 19.3 Å². The van der Waals surface area contributed by atoms with Crippen molar-refractivity contribution < 1.29 is 0 Å². The molecule has 1 nitrogen and oxygen atoms in total. The highest BCUT2D eigenvalue weighted by molar-refractivity contribution is 4.91. The van der Waals surface area contributed by atoms with Crippen LogP contribution in [0.4, 0.5) is 0 Å². The van der Waals surface area contributed by atoms with Crippen molar-refractivity contribution in [3.8, 4) is 0 Å². The van der Waals surface area contributed by atoms with E-state index < -0.39 is 0 Å². The van der Waals surface area contributed by atoms with E-state index in [9.17, 15) is 0 Å². The van der Waals surface area contributed by atoms with Gasteiger partial charge in [-0.25, -0.2) is 0 Å². The molecule has 0 spiro atoms. The molecule has 1 aliphatic rings. The quantitative estimate of drug-likeness (QED) is 0.501. The van der Waals surface area contributed by atoms with Crippen LogP contribution >= 0.6 is 0 Å². The topological polar surface area (TPSA) is 12.0 Å². The summed E-state index contributed by atoms with van der Waals surface area (Å²) in [5.74, 6) is 0. The van der Waals surface area contributed by atoms with Gasteiger partial charge < -0.3 is 5.32 Å². The monoisotopic (exact) mass is 111 g/mol.